The molecule has 0 radical (unpaired) electrons. The first-order valence-electron chi connectivity index (χ1n) is 9.37. The topological polar surface area (TPSA) is 51.3 Å². The van der Waals surface area contributed by atoms with Gasteiger partial charge in [-0.1, -0.05) is 48.5 Å². The fraction of sp³-hybridized carbons (Fsp3) is 0.0833. The van der Waals surface area contributed by atoms with Gasteiger partial charge in [-0.2, -0.15) is 5.10 Å². The number of benzene rings is 2. The highest BCUT2D eigenvalue weighted by molar-refractivity contribution is 5.92. The summed E-state index contributed by atoms with van der Waals surface area (Å²) in [7, 11) is 1.75. The molecule has 4 rings (SSSR count). The van der Waals surface area contributed by atoms with Crippen LogP contribution in [0.2, 0.25) is 0 Å². The van der Waals surface area contributed by atoms with Crippen LogP contribution in [0, 0.1) is 0 Å². The number of likely N-dealkylation sites (N-methyl/N-ethyl adjacent to an activating group) is 1. The molecule has 2 aromatic carbocycles. The number of nitrogens with zero attached hydrogens (tertiary/aromatic N) is 3. The summed E-state index contributed by atoms with van der Waals surface area (Å²) in [6, 6.07) is 23.5. The summed E-state index contributed by atoms with van der Waals surface area (Å²) >= 11 is 0. The summed E-state index contributed by atoms with van der Waals surface area (Å²) in [6.07, 6.45) is 6.93. The molecule has 0 aliphatic heterocycles. The maximum absolute atomic E-state index is 12.5. The molecule has 0 aliphatic rings. The van der Waals surface area contributed by atoms with E-state index in [-0.39, 0.29) is 5.91 Å². The first-order chi connectivity index (χ1) is 14.2. The van der Waals surface area contributed by atoms with Crippen molar-refractivity contribution in [2.45, 2.75) is 6.54 Å². The molecule has 0 aliphatic carbocycles. The lowest BCUT2D eigenvalue weighted by Gasteiger charge is -2.12. The maximum Gasteiger partial charge on any atom is 0.246 e. The average molecular weight is 383 g/mol. The van der Waals surface area contributed by atoms with Crippen molar-refractivity contribution in [3.05, 3.63) is 103 Å². The highest BCUT2D eigenvalue weighted by Gasteiger charge is 2.12. The second kappa shape index (κ2) is 8.44. The van der Waals surface area contributed by atoms with Crippen molar-refractivity contribution < 1.29 is 9.21 Å². The molecular weight excluding hydrogens is 362 g/mol. The third kappa shape index (κ3) is 4.35. The molecule has 0 fully saturated rings. The minimum absolute atomic E-state index is 0.104. The molecule has 0 bridgehead atoms. The molecule has 5 heteroatoms. The number of furan rings is 1. The van der Waals surface area contributed by atoms with Crippen molar-refractivity contribution in [2.24, 2.45) is 0 Å². The van der Waals surface area contributed by atoms with Gasteiger partial charge in [0.05, 0.1) is 24.2 Å². The fourth-order valence-electron chi connectivity index (χ4n) is 3.05. The van der Waals surface area contributed by atoms with E-state index in [0.29, 0.717) is 6.54 Å². The second-order valence-electron chi connectivity index (χ2n) is 6.69. The molecule has 5 nitrogen and oxygen atoms in total. The Morgan fingerprint density at radius 3 is 2.45 bits per heavy atom. The number of amides is 1. The SMILES string of the molecule is CN(Cc1ccco1)C(=O)/C=C/c1cn(-c2ccccc2)nc1-c1ccccc1. The number of hydrogen-bond acceptors (Lipinski definition) is 3. The van der Waals surface area contributed by atoms with Crippen molar-refractivity contribution >= 4 is 12.0 Å². The number of carbonyl (C=O) groups excluding carboxylic acids is 1. The van der Waals surface area contributed by atoms with Gasteiger partial charge in [0.2, 0.25) is 5.91 Å². The Morgan fingerprint density at radius 1 is 1.03 bits per heavy atom. The number of aromatic nitrogens is 2. The minimum Gasteiger partial charge on any atom is -0.467 e. The van der Waals surface area contributed by atoms with E-state index in [4.69, 9.17) is 9.52 Å². The first kappa shape index (κ1) is 18.5. The van der Waals surface area contributed by atoms with Crippen LogP contribution in [0.4, 0.5) is 0 Å². The van der Waals surface area contributed by atoms with Crippen LogP contribution < -0.4 is 0 Å². The lowest BCUT2D eigenvalue weighted by molar-refractivity contribution is -0.125. The third-order valence-electron chi connectivity index (χ3n) is 4.57. The average Bonchev–Trinajstić information content (AvgIpc) is 3.43. The summed E-state index contributed by atoms with van der Waals surface area (Å²) < 4.78 is 7.15. The number of hydrogen-bond donors (Lipinski definition) is 0. The van der Waals surface area contributed by atoms with Gasteiger partial charge < -0.3 is 9.32 Å². The predicted octanol–water partition coefficient (Wildman–Crippen LogP) is 4.80. The van der Waals surface area contributed by atoms with Gasteiger partial charge in [0.25, 0.3) is 0 Å². The van der Waals surface area contributed by atoms with Crippen molar-refractivity contribution in [3.8, 4) is 16.9 Å². The monoisotopic (exact) mass is 383 g/mol. The molecule has 0 saturated heterocycles. The Morgan fingerprint density at radius 2 is 1.76 bits per heavy atom. The van der Waals surface area contributed by atoms with Crippen LogP contribution in [-0.2, 0) is 11.3 Å². The van der Waals surface area contributed by atoms with E-state index in [0.717, 1.165) is 28.3 Å². The largest absolute Gasteiger partial charge is 0.467 e. The highest BCUT2D eigenvalue weighted by atomic mass is 16.3. The summed E-state index contributed by atoms with van der Waals surface area (Å²) in [4.78, 5) is 14.1. The highest BCUT2D eigenvalue weighted by Crippen LogP contribution is 2.24. The summed E-state index contributed by atoms with van der Waals surface area (Å²) in [5.41, 5.74) is 3.66. The van der Waals surface area contributed by atoms with E-state index in [1.54, 1.807) is 24.3 Å². The lowest BCUT2D eigenvalue weighted by Crippen LogP contribution is -2.23. The number of carbonyl (C=O) groups is 1. The molecule has 4 aromatic rings. The molecule has 2 aromatic heterocycles. The van der Waals surface area contributed by atoms with Gasteiger partial charge in [0.1, 0.15) is 5.76 Å². The molecule has 2 heterocycles. The molecule has 0 unspecified atom stereocenters. The number of para-hydroxylation sites is 1. The first-order valence-corrected chi connectivity index (χ1v) is 9.37. The van der Waals surface area contributed by atoms with Gasteiger partial charge in [-0.15, -0.1) is 0 Å². The van der Waals surface area contributed by atoms with Crippen LogP contribution >= 0.6 is 0 Å². The molecule has 0 spiro atoms. The summed E-state index contributed by atoms with van der Waals surface area (Å²) in [6.45, 7) is 0.422. The fourth-order valence-corrected chi connectivity index (χ4v) is 3.05. The van der Waals surface area contributed by atoms with E-state index in [2.05, 4.69) is 0 Å². The Bertz CT molecular complexity index is 1100. The molecule has 144 valence electrons. The van der Waals surface area contributed by atoms with Gasteiger partial charge in [-0.3, -0.25) is 4.79 Å². The number of rotatable bonds is 6. The van der Waals surface area contributed by atoms with E-state index >= 15 is 0 Å². The summed E-state index contributed by atoms with van der Waals surface area (Å²) in [5, 5.41) is 4.76. The zero-order valence-corrected chi connectivity index (χ0v) is 16.1. The molecule has 1 amide bonds. The molecule has 29 heavy (non-hydrogen) atoms. The maximum atomic E-state index is 12.5. The summed E-state index contributed by atoms with van der Waals surface area (Å²) in [5.74, 6) is 0.643. The minimum atomic E-state index is -0.104. The van der Waals surface area contributed by atoms with Crippen LogP contribution in [0.15, 0.2) is 95.7 Å². The Kier molecular flexibility index (Phi) is 5.38. The van der Waals surface area contributed by atoms with Crippen LogP contribution in [0.1, 0.15) is 11.3 Å². The van der Waals surface area contributed by atoms with Gasteiger partial charge >= 0.3 is 0 Å². The molecular formula is C24H21N3O2. The second-order valence-corrected chi connectivity index (χ2v) is 6.69. The van der Waals surface area contributed by atoms with Crippen LogP contribution in [0.25, 0.3) is 23.0 Å². The zero-order valence-electron chi connectivity index (χ0n) is 16.1. The molecule has 0 atom stereocenters. The Labute approximate surface area is 169 Å². The quantitative estimate of drug-likeness (QED) is 0.449. The van der Waals surface area contributed by atoms with E-state index < -0.39 is 0 Å². The standard InChI is InChI=1S/C24H21N3O2/c1-26(18-22-13-8-16-29-22)23(28)15-14-20-17-27(21-11-6-3-7-12-21)25-24(20)19-9-4-2-5-10-19/h2-17H,18H2,1H3/b15-14+. The van der Waals surface area contributed by atoms with Gasteiger partial charge in [0, 0.05) is 30.4 Å². The third-order valence-corrected chi connectivity index (χ3v) is 4.57. The van der Waals surface area contributed by atoms with E-state index in [1.807, 2.05) is 89.8 Å². The van der Waals surface area contributed by atoms with E-state index in [1.165, 1.54) is 0 Å². The van der Waals surface area contributed by atoms with Crippen LogP contribution in [0.5, 0.6) is 0 Å². The van der Waals surface area contributed by atoms with Crippen LogP contribution in [-0.4, -0.2) is 27.6 Å². The Balaban J connectivity index is 1.62. The van der Waals surface area contributed by atoms with Crippen LogP contribution in [0.3, 0.4) is 0 Å². The van der Waals surface area contributed by atoms with Crippen molar-refractivity contribution in [3.63, 3.8) is 0 Å². The smallest absolute Gasteiger partial charge is 0.246 e. The molecule has 0 N–H and O–H groups in total. The zero-order chi connectivity index (χ0) is 20.1. The van der Waals surface area contributed by atoms with Gasteiger partial charge in [0.15, 0.2) is 0 Å². The normalized spacial score (nSPS) is 11.1. The van der Waals surface area contributed by atoms with E-state index in [9.17, 15) is 4.79 Å². The van der Waals surface area contributed by atoms with Gasteiger partial charge in [-0.25, -0.2) is 4.68 Å². The Hall–Kier alpha value is -3.86. The predicted molar refractivity (Wildman–Crippen MR) is 113 cm³/mol. The molecule has 0 saturated carbocycles. The lowest BCUT2D eigenvalue weighted by atomic mass is 10.1. The van der Waals surface area contributed by atoms with Crippen molar-refractivity contribution in [1.82, 2.24) is 14.7 Å². The van der Waals surface area contributed by atoms with Crippen molar-refractivity contribution in [2.75, 3.05) is 7.05 Å². The van der Waals surface area contributed by atoms with Gasteiger partial charge in [-0.05, 0) is 30.3 Å². The van der Waals surface area contributed by atoms with Crippen molar-refractivity contribution in [1.29, 1.82) is 0 Å².